The van der Waals surface area contributed by atoms with Gasteiger partial charge in [-0.05, 0) is 70.5 Å². The topological polar surface area (TPSA) is 35.5 Å². The van der Waals surface area contributed by atoms with Crippen LogP contribution >= 0.6 is 8.58 Å². The van der Waals surface area contributed by atoms with E-state index in [0.29, 0.717) is 13.2 Å². The number of rotatable bonds is 7. The van der Waals surface area contributed by atoms with Gasteiger partial charge in [-0.3, -0.25) is 4.79 Å². The smallest absolute Gasteiger partial charge is 0.186 e. The monoisotopic (exact) mass is 393 g/mol. The maximum Gasteiger partial charge on any atom is 0.186 e. The molecule has 2 rings (SSSR count). The van der Waals surface area contributed by atoms with Crippen LogP contribution in [0.5, 0.6) is 11.5 Å². The number of carbonyl (C=O) groups excluding carboxylic acids is 1. The van der Waals surface area contributed by atoms with E-state index >= 15 is 0 Å². The fraction of sp³-hybridized carbons (Fsp3) is 0.435. The van der Waals surface area contributed by atoms with Crippen LogP contribution < -0.4 is 14.8 Å². The normalized spacial score (nSPS) is 11.4. The first-order chi connectivity index (χ1) is 12.7. The van der Waals surface area contributed by atoms with E-state index in [9.17, 15) is 4.79 Å². The molecule has 0 aliphatic carbocycles. The molecule has 2 aromatic carbocycles. The molecule has 0 aliphatic rings. The van der Waals surface area contributed by atoms with Crippen molar-refractivity contribution in [3.63, 3.8) is 0 Å². The Morgan fingerprint density at radius 3 is 2.04 bits per heavy atom. The van der Waals surface area contributed by atoms with E-state index in [-0.39, 0.29) is 38.4 Å². The van der Waals surface area contributed by atoms with E-state index in [1.807, 2.05) is 45.9 Å². The van der Waals surface area contributed by atoms with Crippen LogP contribution in [-0.2, 0) is 5.41 Å². The molecule has 0 spiro atoms. The molecule has 0 amide bonds. The summed E-state index contributed by atoms with van der Waals surface area (Å²) >= 11 is 0. The van der Waals surface area contributed by atoms with Gasteiger partial charge in [0.15, 0.2) is 5.52 Å². The van der Waals surface area contributed by atoms with Gasteiger partial charge in [-0.15, -0.1) is 0 Å². The second-order valence-corrected chi connectivity index (χ2v) is 8.96. The third-order valence-electron chi connectivity index (χ3n) is 4.44. The molecule has 28 heavy (non-hydrogen) atoms. The number of hydrogen-bond acceptors (Lipinski definition) is 3. The van der Waals surface area contributed by atoms with E-state index in [2.05, 4.69) is 32.9 Å². The first-order valence-electron chi connectivity index (χ1n) is 9.50. The van der Waals surface area contributed by atoms with Crippen molar-refractivity contribution in [2.75, 3.05) is 13.2 Å². The van der Waals surface area contributed by atoms with Gasteiger partial charge in [0.05, 0.1) is 13.2 Å². The maximum atomic E-state index is 13.1. The molecule has 0 N–H and O–H groups in total. The zero-order chi connectivity index (χ0) is 20.2. The fourth-order valence-electron chi connectivity index (χ4n) is 3.08. The van der Waals surface area contributed by atoms with Crippen LogP contribution in [0, 0.1) is 13.8 Å². The Bertz CT molecular complexity index is 802. The zero-order valence-corrected chi connectivity index (χ0v) is 19.5. The molecule has 1 unspecified atom stereocenters. The van der Waals surface area contributed by atoms with Crippen molar-refractivity contribution in [1.82, 2.24) is 0 Å². The first-order valence-corrected chi connectivity index (χ1v) is 10.5. The standard InChI is InChI=1S/C23H31O3P.Li/c1-8-25-18-10-11-20(19(14-18)26-9-2)27-22(24)21-15(3)12-17(13-16(21)4)23(5,6)7;/h10-14,27H,8-9H2,1-7H3;. The third kappa shape index (κ3) is 6.12. The second kappa shape index (κ2) is 10.5. The first kappa shape index (κ1) is 24.8. The van der Waals surface area contributed by atoms with Gasteiger partial charge in [-0.2, -0.15) is 0 Å². The number of benzene rings is 2. The molecule has 3 nitrogen and oxygen atoms in total. The molecule has 0 heterocycles. The number of ether oxygens (including phenoxy) is 2. The summed E-state index contributed by atoms with van der Waals surface area (Å²) in [6.45, 7) is 15.7. The van der Waals surface area contributed by atoms with E-state index in [1.54, 1.807) is 0 Å². The Morgan fingerprint density at radius 1 is 0.964 bits per heavy atom. The van der Waals surface area contributed by atoms with Crippen LogP contribution in [0.1, 0.15) is 61.7 Å². The summed E-state index contributed by atoms with van der Waals surface area (Å²) in [5.41, 5.74) is 4.39. The van der Waals surface area contributed by atoms with Crippen molar-refractivity contribution in [3.05, 3.63) is 52.6 Å². The van der Waals surface area contributed by atoms with Gasteiger partial charge in [-0.25, -0.2) is 0 Å². The molecular weight excluding hydrogens is 362 g/mol. The molecule has 0 bridgehead atoms. The van der Waals surface area contributed by atoms with E-state index in [1.165, 1.54) is 5.56 Å². The average Bonchev–Trinajstić information content (AvgIpc) is 2.56. The van der Waals surface area contributed by atoms with E-state index in [4.69, 9.17) is 9.47 Å². The van der Waals surface area contributed by atoms with E-state index < -0.39 is 0 Å². The Labute approximate surface area is 183 Å². The van der Waals surface area contributed by atoms with Gasteiger partial charge in [0.1, 0.15) is 11.5 Å². The number of carbonyl (C=O) groups is 1. The minimum absolute atomic E-state index is 0. The van der Waals surface area contributed by atoms with Crippen molar-refractivity contribution in [3.8, 4) is 11.5 Å². The molecule has 1 atom stereocenters. The summed E-state index contributed by atoms with van der Waals surface area (Å²) in [6, 6.07) is 10.0. The number of aryl methyl sites for hydroxylation is 2. The molecule has 0 fully saturated rings. The summed E-state index contributed by atoms with van der Waals surface area (Å²) in [5, 5.41) is 0.920. The van der Waals surface area contributed by atoms with E-state index in [0.717, 1.165) is 33.5 Å². The fourth-order valence-corrected chi connectivity index (χ4v) is 4.27. The van der Waals surface area contributed by atoms with Crippen LogP contribution in [0.4, 0.5) is 0 Å². The van der Waals surface area contributed by atoms with Crippen molar-refractivity contribution in [1.29, 1.82) is 0 Å². The van der Waals surface area contributed by atoms with Crippen molar-refractivity contribution < 1.29 is 14.3 Å². The predicted molar refractivity (Wildman–Crippen MR) is 121 cm³/mol. The van der Waals surface area contributed by atoms with Crippen molar-refractivity contribution in [2.45, 2.75) is 53.9 Å². The maximum absolute atomic E-state index is 13.1. The van der Waals surface area contributed by atoms with Crippen LogP contribution in [0.25, 0.3) is 0 Å². The predicted octanol–water partition coefficient (Wildman–Crippen LogP) is 5.16. The van der Waals surface area contributed by atoms with Gasteiger partial charge in [0, 0.05) is 35.8 Å². The Kier molecular flexibility index (Phi) is 9.29. The van der Waals surface area contributed by atoms with Gasteiger partial charge in [0.25, 0.3) is 0 Å². The Hall–Kier alpha value is -1.26. The molecule has 1 radical (unpaired) electrons. The largest absolute Gasteiger partial charge is 0.494 e. The van der Waals surface area contributed by atoms with Gasteiger partial charge in [-0.1, -0.05) is 32.9 Å². The summed E-state index contributed by atoms with van der Waals surface area (Å²) in [6.07, 6.45) is 0. The van der Waals surface area contributed by atoms with Crippen LogP contribution in [0.15, 0.2) is 30.3 Å². The molecule has 0 saturated carbocycles. The van der Waals surface area contributed by atoms with Crippen LogP contribution in [0.2, 0.25) is 0 Å². The third-order valence-corrected chi connectivity index (χ3v) is 5.60. The molecular formula is C23H31LiO3P. The quantitative estimate of drug-likeness (QED) is 0.481. The van der Waals surface area contributed by atoms with Gasteiger partial charge >= 0.3 is 0 Å². The molecule has 0 aromatic heterocycles. The Morgan fingerprint density at radius 2 is 1.54 bits per heavy atom. The Balaban J connectivity index is 0.00000392. The van der Waals surface area contributed by atoms with Crippen molar-refractivity contribution in [2.24, 2.45) is 0 Å². The minimum atomic E-state index is 0. The molecule has 0 aliphatic heterocycles. The summed E-state index contributed by atoms with van der Waals surface area (Å²) < 4.78 is 11.3. The van der Waals surface area contributed by atoms with Gasteiger partial charge < -0.3 is 9.47 Å². The average molecular weight is 393 g/mol. The van der Waals surface area contributed by atoms with Gasteiger partial charge in [0.2, 0.25) is 0 Å². The number of hydrogen-bond donors (Lipinski definition) is 0. The van der Waals surface area contributed by atoms with Crippen LogP contribution in [-0.4, -0.2) is 37.6 Å². The zero-order valence-electron chi connectivity index (χ0n) is 18.5. The summed E-state index contributed by atoms with van der Waals surface area (Å²) in [5.74, 6) is 1.50. The van der Waals surface area contributed by atoms with Crippen LogP contribution in [0.3, 0.4) is 0 Å². The minimum Gasteiger partial charge on any atom is -0.494 e. The second-order valence-electron chi connectivity index (χ2n) is 7.71. The van der Waals surface area contributed by atoms with Crippen molar-refractivity contribution >= 4 is 38.3 Å². The molecule has 2 aromatic rings. The summed E-state index contributed by atoms with van der Waals surface area (Å²) in [4.78, 5) is 13.1. The summed E-state index contributed by atoms with van der Waals surface area (Å²) in [7, 11) is 0.0196. The molecule has 0 saturated heterocycles. The SMILES string of the molecule is CCOc1ccc(PC(=O)c2c(C)cc(C(C)(C)C)cc2C)c(OCC)c1.[Li]. The molecule has 147 valence electrons. The molecule has 5 heteroatoms.